The number of piperidine rings is 1. The molecule has 0 saturated carbocycles. The third-order valence-electron chi connectivity index (χ3n) is 7.37. The van der Waals surface area contributed by atoms with Crippen LogP contribution in [0, 0.1) is 12.3 Å². The highest BCUT2D eigenvalue weighted by Gasteiger charge is 2.22. The van der Waals surface area contributed by atoms with Crippen LogP contribution in [0.25, 0.3) is 44.5 Å². The first kappa shape index (κ1) is 24.2. The lowest BCUT2D eigenvalue weighted by atomic mass is 9.95. The number of carbonyl (C=O) groups is 1. The Morgan fingerprint density at radius 2 is 1.76 bits per heavy atom. The summed E-state index contributed by atoms with van der Waals surface area (Å²) in [7, 11) is 0. The molecule has 1 aliphatic heterocycles. The van der Waals surface area contributed by atoms with E-state index in [1.54, 1.807) is 18.6 Å². The number of amides is 1. The molecule has 8 nitrogen and oxygen atoms in total. The van der Waals surface area contributed by atoms with Crippen molar-refractivity contribution in [2.75, 3.05) is 23.3 Å². The lowest BCUT2D eigenvalue weighted by molar-refractivity contribution is -0.123. The van der Waals surface area contributed by atoms with Crippen molar-refractivity contribution in [2.24, 2.45) is 5.41 Å². The van der Waals surface area contributed by atoms with Gasteiger partial charge in [-0.1, -0.05) is 26.8 Å². The SMILES string of the molecule is Cc1ccc(N2CCCCC2)c2cc(-c3[nH]nc4ncc(-c5cncc(NC(=O)C(C)(C)C)c5)cc34)[nH]c12. The first-order valence-corrected chi connectivity index (χ1v) is 13.3. The maximum Gasteiger partial charge on any atom is 0.229 e. The molecule has 4 aromatic heterocycles. The van der Waals surface area contributed by atoms with E-state index in [4.69, 9.17) is 0 Å². The minimum Gasteiger partial charge on any atom is -0.371 e. The number of H-pyrrole nitrogens is 2. The van der Waals surface area contributed by atoms with Crippen molar-refractivity contribution in [1.82, 2.24) is 25.1 Å². The second kappa shape index (κ2) is 9.28. The summed E-state index contributed by atoms with van der Waals surface area (Å²) in [4.78, 5) is 27.6. The highest BCUT2D eigenvalue weighted by atomic mass is 16.2. The molecule has 0 atom stereocenters. The number of aromatic nitrogens is 5. The van der Waals surface area contributed by atoms with E-state index in [2.05, 4.69) is 66.6 Å². The number of rotatable bonds is 4. The van der Waals surface area contributed by atoms with Crippen LogP contribution in [-0.2, 0) is 4.79 Å². The van der Waals surface area contributed by atoms with Crippen molar-refractivity contribution in [1.29, 1.82) is 0 Å². The average Bonchev–Trinajstić information content (AvgIpc) is 3.54. The van der Waals surface area contributed by atoms with Gasteiger partial charge in [-0.15, -0.1) is 0 Å². The van der Waals surface area contributed by atoms with Crippen molar-refractivity contribution >= 4 is 39.2 Å². The predicted molar refractivity (Wildman–Crippen MR) is 153 cm³/mol. The van der Waals surface area contributed by atoms with Crippen LogP contribution in [-0.4, -0.2) is 44.1 Å². The van der Waals surface area contributed by atoms with Gasteiger partial charge in [0.2, 0.25) is 5.91 Å². The van der Waals surface area contributed by atoms with Gasteiger partial charge < -0.3 is 15.2 Å². The normalized spacial score (nSPS) is 14.4. The monoisotopic (exact) mass is 507 g/mol. The van der Waals surface area contributed by atoms with Gasteiger partial charge in [-0.3, -0.25) is 14.9 Å². The molecule has 3 N–H and O–H groups in total. The maximum absolute atomic E-state index is 12.5. The summed E-state index contributed by atoms with van der Waals surface area (Å²) in [6.45, 7) is 10.0. The molecule has 1 aromatic carbocycles. The topological polar surface area (TPSA) is 103 Å². The number of aromatic amines is 2. The average molecular weight is 508 g/mol. The Balaban J connectivity index is 1.39. The lowest BCUT2D eigenvalue weighted by Crippen LogP contribution is -2.29. The fraction of sp³-hybridized carbons (Fsp3) is 0.333. The molecule has 1 fully saturated rings. The Labute approximate surface area is 221 Å². The number of anilines is 2. The van der Waals surface area contributed by atoms with Crippen molar-refractivity contribution < 1.29 is 4.79 Å². The summed E-state index contributed by atoms with van der Waals surface area (Å²) in [5, 5.41) is 12.8. The Morgan fingerprint density at radius 3 is 2.55 bits per heavy atom. The summed E-state index contributed by atoms with van der Waals surface area (Å²) in [5.74, 6) is -0.0554. The van der Waals surface area contributed by atoms with E-state index in [9.17, 15) is 4.79 Å². The molecular weight excluding hydrogens is 474 g/mol. The summed E-state index contributed by atoms with van der Waals surface area (Å²) in [6, 6.07) is 10.7. The van der Waals surface area contributed by atoms with Gasteiger partial charge in [0, 0.05) is 58.5 Å². The number of benzene rings is 1. The minimum absolute atomic E-state index is 0.0554. The Kier molecular flexibility index (Phi) is 5.90. The van der Waals surface area contributed by atoms with Gasteiger partial charge in [0.25, 0.3) is 0 Å². The molecule has 6 rings (SSSR count). The van der Waals surface area contributed by atoms with Crippen LogP contribution in [0.1, 0.15) is 45.6 Å². The maximum atomic E-state index is 12.5. The molecule has 5 aromatic rings. The zero-order valence-electron chi connectivity index (χ0n) is 22.4. The minimum atomic E-state index is -0.492. The van der Waals surface area contributed by atoms with Crippen LogP contribution >= 0.6 is 0 Å². The second-order valence-electron chi connectivity index (χ2n) is 11.3. The van der Waals surface area contributed by atoms with Crippen molar-refractivity contribution in [3.05, 3.63) is 54.5 Å². The Hall–Kier alpha value is -4.20. The number of nitrogens with one attached hydrogen (secondary N) is 3. The van der Waals surface area contributed by atoms with Crippen molar-refractivity contribution in [2.45, 2.75) is 47.0 Å². The molecule has 0 unspecified atom stereocenters. The van der Waals surface area contributed by atoms with Crippen molar-refractivity contribution in [3.8, 4) is 22.5 Å². The van der Waals surface area contributed by atoms with E-state index in [0.29, 0.717) is 11.3 Å². The largest absolute Gasteiger partial charge is 0.371 e. The summed E-state index contributed by atoms with van der Waals surface area (Å²) in [6.07, 6.45) is 9.02. The molecular formula is C30H33N7O. The molecule has 1 amide bonds. The summed E-state index contributed by atoms with van der Waals surface area (Å²) in [5.41, 5.74) is 8.14. The van der Waals surface area contributed by atoms with E-state index in [0.717, 1.165) is 46.5 Å². The molecule has 1 saturated heterocycles. The zero-order chi connectivity index (χ0) is 26.4. The summed E-state index contributed by atoms with van der Waals surface area (Å²) >= 11 is 0. The molecule has 38 heavy (non-hydrogen) atoms. The van der Waals surface area contributed by atoms with Gasteiger partial charge in [-0.05, 0) is 56.0 Å². The standard InChI is InChI=1S/C30H33N7O/c1-18-8-9-25(37-10-6-5-7-11-37)22-14-24(34-26(18)22)27-23-13-20(16-32-28(23)36-35-27)19-12-21(17-31-15-19)33-29(38)30(2,3)4/h8-9,12-17,34H,5-7,10-11H2,1-4H3,(H,33,38)(H,32,35,36). The fourth-order valence-electron chi connectivity index (χ4n) is 5.14. The van der Waals surface area contributed by atoms with E-state index in [1.807, 2.05) is 26.8 Å². The number of aryl methyl sites for hydroxylation is 1. The predicted octanol–water partition coefficient (Wildman–Crippen LogP) is 6.45. The van der Waals surface area contributed by atoms with Crippen molar-refractivity contribution in [3.63, 3.8) is 0 Å². The third kappa shape index (κ3) is 4.40. The number of fused-ring (bicyclic) bond motifs is 2. The Bertz CT molecular complexity index is 1650. The van der Waals surface area contributed by atoms with Crippen LogP contribution in [0.2, 0.25) is 0 Å². The molecule has 1 aliphatic rings. The number of hydrogen-bond acceptors (Lipinski definition) is 5. The first-order valence-electron chi connectivity index (χ1n) is 13.3. The first-order chi connectivity index (χ1) is 18.3. The van der Waals surface area contributed by atoms with E-state index < -0.39 is 5.41 Å². The number of hydrogen-bond donors (Lipinski definition) is 3. The van der Waals surface area contributed by atoms with Crippen LogP contribution in [0.4, 0.5) is 11.4 Å². The van der Waals surface area contributed by atoms with Crippen LogP contribution in [0.3, 0.4) is 0 Å². The lowest BCUT2D eigenvalue weighted by Gasteiger charge is -2.29. The molecule has 194 valence electrons. The van der Waals surface area contributed by atoms with Crippen LogP contribution < -0.4 is 10.2 Å². The highest BCUT2D eigenvalue weighted by molar-refractivity contribution is 6.01. The van der Waals surface area contributed by atoms with Gasteiger partial charge in [0.15, 0.2) is 5.65 Å². The Morgan fingerprint density at radius 1 is 0.974 bits per heavy atom. The summed E-state index contributed by atoms with van der Waals surface area (Å²) < 4.78 is 0. The zero-order valence-corrected chi connectivity index (χ0v) is 22.4. The van der Waals surface area contributed by atoms with Gasteiger partial charge in [0.1, 0.15) is 0 Å². The molecule has 0 radical (unpaired) electrons. The van der Waals surface area contributed by atoms with Gasteiger partial charge in [0.05, 0.1) is 28.8 Å². The molecule has 0 aliphatic carbocycles. The number of pyridine rings is 2. The highest BCUT2D eigenvalue weighted by Crippen LogP contribution is 2.36. The third-order valence-corrected chi connectivity index (χ3v) is 7.37. The van der Waals surface area contributed by atoms with Crippen LogP contribution in [0.15, 0.2) is 48.9 Å². The number of nitrogens with zero attached hydrogens (tertiary/aromatic N) is 4. The smallest absolute Gasteiger partial charge is 0.229 e. The van der Waals surface area contributed by atoms with Gasteiger partial charge in [-0.2, -0.15) is 5.10 Å². The molecule has 8 heteroatoms. The van der Waals surface area contributed by atoms with E-state index >= 15 is 0 Å². The van der Waals surface area contributed by atoms with Gasteiger partial charge in [-0.25, -0.2) is 4.98 Å². The molecule has 0 spiro atoms. The molecule has 0 bridgehead atoms. The van der Waals surface area contributed by atoms with E-state index in [-0.39, 0.29) is 5.91 Å². The molecule has 5 heterocycles. The quantitative estimate of drug-likeness (QED) is 0.259. The second-order valence-corrected chi connectivity index (χ2v) is 11.3. The number of carbonyl (C=O) groups excluding carboxylic acids is 1. The van der Waals surface area contributed by atoms with Crippen LogP contribution in [0.5, 0.6) is 0 Å². The van der Waals surface area contributed by atoms with E-state index in [1.165, 1.54) is 35.9 Å². The van der Waals surface area contributed by atoms with Gasteiger partial charge >= 0.3 is 0 Å². The fourth-order valence-corrected chi connectivity index (χ4v) is 5.14.